The molecular weight excluding hydrogens is 383 g/mol. The zero-order valence-electron chi connectivity index (χ0n) is 12.5. The molecule has 0 aliphatic heterocycles. The van der Waals surface area contributed by atoms with E-state index in [-0.39, 0.29) is 12.0 Å². The van der Waals surface area contributed by atoms with E-state index >= 15 is 0 Å². The molecule has 4 heteroatoms. The molecule has 114 valence electrons. The lowest BCUT2D eigenvalue weighted by molar-refractivity contribution is -0.111. The Hall–Kier alpha value is -0.0700. The predicted molar refractivity (Wildman–Crippen MR) is 97.1 cm³/mol. The summed E-state index contributed by atoms with van der Waals surface area (Å²) in [5.41, 5.74) is 1.20. The lowest BCUT2D eigenvalue weighted by atomic mass is 9.95. The fourth-order valence-corrected chi connectivity index (χ4v) is 2.90. The van der Waals surface area contributed by atoms with E-state index in [4.69, 9.17) is 4.18 Å². The Balaban J connectivity index is 0.000000796. The van der Waals surface area contributed by atoms with Crippen molar-refractivity contribution in [1.29, 1.82) is 0 Å². The molecule has 0 amide bonds. The van der Waals surface area contributed by atoms with Crippen LogP contribution in [0.5, 0.6) is 0 Å². The van der Waals surface area contributed by atoms with Crippen molar-refractivity contribution in [3.05, 3.63) is 35.9 Å². The fraction of sp³-hybridized carbons (Fsp3) is 0.562. The molecular formula is C16H25IO2S. The maximum atomic E-state index is 11.0. The van der Waals surface area contributed by atoms with Gasteiger partial charge in [0, 0.05) is 27.1 Å². The standard InChI is InChI=1S/C12H15IO2S.C4H10/c1-10(15-16-13)7-12(9-14)8-11-5-3-2-4-6-11;1-3-4-2/h2-6,9-10,12H,7-8H2,1H3;3-4H2,1-2H3. The smallest absolute Gasteiger partial charge is 0.123 e. The molecule has 0 heterocycles. The first-order chi connectivity index (χ1) is 9.67. The van der Waals surface area contributed by atoms with Crippen LogP contribution in [-0.2, 0) is 15.4 Å². The minimum atomic E-state index is 0.0425. The molecule has 0 spiro atoms. The number of hydrogen-bond acceptors (Lipinski definition) is 3. The summed E-state index contributed by atoms with van der Waals surface area (Å²) in [5.74, 6) is 0.0425. The molecule has 1 aromatic carbocycles. The fourth-order valence-electron chi connectivity index (χ4n) is 1.63. The second kappa shape index (κ2) is 13.9. The monoisotopic (exact) mass is 408 g/mol. The maximum absolute atomic E-state index is 11.0. The van der Waals surface area contributed by atoms with Gasteiger partial charge in [0.15, 0.2) is 0 Å². The zero-order chi connectivity index (χ0) is 15.2. The van der Waals surface area contributed by atoms with Gasteiger partial charge in [0.1, 0.15) is 6.29 Å². The Morgan fingerprint density at radius 2 is 1.85 bits per heavy atom. The summed E-state index contributed by atoms with van der Waals surface area (Å²) in [6, 6.07) is 10.1. The van der Waals surface area contributed by atoms with Crippen molar-refractivity contribution in [2.75, 3.05) is 0 Å². The van der Waals surface area contributed by atoms with E-state index < -0.39 is 0 Å². The van der Waals surface area contributed by atoms with Crippen molar-refractivity contribution >= 4 is 36.7 Å². The number of unbranched alkanes of at least 4 members (excludes halogenated alkanes) is 1. The summed E-state index contributed by atoms with van der Waals surface area (Å²) >= 11 is 2.09. The first-order valence-electron chi connectivity index (χ1n) is 7.11. The molecule has 2 nitrogen and oxygen atoms in total. The Labute approximate surface area is 139 Å². The maximum Gasteiger partial charge on any atom is 0.123 e. The van der Waals surface area contributed by atoms with Gasteiger partial charge in [-0.15, -0.1) is 0 Å². The third-order valence-electron chi connectivity index (χ3n) is 2.87. The van der Waals surface area contributed by atoms with Gasteiger partial charge in [-0.2, -0.15) is 0 Å². The van der Waals surface area contributed by atoms with Gasteiger partial charge in [0.2, 0.25) is 0 Å². The second-order valence-electron chi connectivity index (χ2n) is 4.79. The zero-order valence-corrected chi connectivity index (χ0v) is 15.5. The highest BCUT2D eigenvalue weighted by atomic mass is 127. The van der Waals surface area contributed by atoms with E-state index in [0.29, 0.717) is 0 Å². The average Bonchev–Trinajstić information content (AvgIpc) is 2.48. The van der Waals surface area contributed by atoms with Gasteiger partial charge in [-0.3, -0.25) is 0 Å². The van der Waals surface area contributed by atoms with Crippen molar-refractivity contribution in [3.8, 4) is 0 Å². The summed E-state index contributed by atoms with van der Waals surface area (Å²) < 4.78 is 5.36. The normalized spacial score (nSPS) is 13.0. The summed E-state index contributed by atoms with van der Waals surface area (Å²) in [7, 11) is 1.32. The van der Waals surface area contributed by atoms with Crippen LogP contribution in [0.3, 0.4) is 0 Å². The van der Waals surface area contributed by atoms with Gasteiger partial charge < -0.3 is 8.98 Å². The van der Waals surface area contributed by atoms with E-state index in [1.807, 2.05) is 25.1 Å². The van der Waals surface area contributed by atoms with Gasteiger partial charge in [-0.05, 0) is 25.3 Å². The van der Waals surface area contributed by atoms with Gasteiger partial charge in [0.05, 0.1) is 15.3 Å². The molecule has 0 saturated heterocycles. The molecule has 0 N–H and O–H groups in total. The molecule has 0 fully saturated rings. The van der Waals surface area contributed by atoms with Crippen LogP contribution >= 0.6 is 30.4 Å². The molecule has 2 unspecified atom stereocenters. The van der Waals surface area contributed by atoms with Crippen molar-refractivity contribution in [1.82, 2.24) is 0 Å². The van der Waals surface area contributed by atoms with E-state index in [0.717, 1.165) is 19.1 Å². The minimum Gasteiger partial charge on any atom is -0.303 e. The highest BCUT2D eigenvalue weighted by Gasteiger charge is 2.13. The largest absolute Gasteiger partial charge is 0.303 e. The third kappa shape index (κ3) is 10.7. The predicted octanol–water partition coefficient (Wildman–Crippen LogP) is 5.64. The number of rotatable bonds is 8. The van der Waals surface area contributed by atoms with Crippen molar-refractivity contribution < 1.29 is 8.98 Å². The lowest BCUT2D eigenvalue weighted by Gasteiger charge is -2.14. The lowest BCUT2D eigenvalue weighted by Crippen LogP contribution is -2.14. The Bertz CT molecular complexity index is 331. The molecule has 0 bridgehead atoms. The highest BCUT2D eigenvalue weighted by molar-refractivity contribution is 14.2. The number of benzene rings is 1. The molecule has 0 aromatic heterocycles. The number of carbonyl (C=O) groups excluding carboxylic acids is 1. The number of halogens is 1. The van der Waals surface area contributed by atoms with Crippen LogP contribution < -0.4 is 0 Å². The van der Waals surface area contributed by atoms with Crippen LogP contribution in [0.1, 0.15) is 45.6 Å². The quantitative estimate of drug-likeness (QED) is 0.316. The van der Waals surface area contributed by atoms with Gasteiger partial charge in [-0.1, -0.05) is 57.0 Å². The first-order valence-corrected chi connectivity index (χ1v) is 10.4. The van der Waals surface area contributed by atoms with Crippen molar-refractivity contribution in [2.45, 2.75) is 52.6 Å². The Kier molecular flexibility index (Phi) is 13.8. The molecule has 20 heavy (non-hydrogen) atoms. The molecule has 0 aliphatic rings. The summed E-state index contributed by atoms with van der Waals surface area (Å²) in [5, 5.41) is 0. The van der Waals surface area contributed by atoms with Crippen LogP contribution in [0.15, 0.2) is 30.3 Å². The average molecular weight is 408 g/mol. The van der Waals surface area contributed by atoms with Crippen molar-refractivity contribution in [2.24, 2.45) is 5.92 Å². The van der Waals surface area contributed by atoms with Crippen LogP contribution in [0, 0.1) is 5.92 Å². The summed E-state index contributed by atoms with van der Waals surface area (Å²) in [6.07, 6.45) is 5.35. The molecule has 0 radical (unpaired) electrons. The van der Waals surface area contributed by atoms with Crippen LogP contribution in [-0.4, -0.2) is 12.4 Å². The number of carbonyl (C=O) groups is 1. The van der Waals surface area contributed by atoms with Crippen LogP contribution in [0.25, 0.3) is 0 Å². The van der Waals surface area contributed by atoms with Crippen LogP contribution in [0.2, 0.25) is 0 Å². The third-order valence-corrected chi connectivity index (χ3v) is 3.89. The molecule has 0 saturated carbocycles. The SMILES string of the molecule is CC(CC(C=O)Cc1ccccc1)OSI.CCCC. The summed E-state index contributed by atoms with van der Waals surface area (Å²) in [6.45, 7) is 6.35. The Morgan fingerprint density at radius 1 is 1.25 bits per heavy atom. The topological polar surface area (TPSA) is 26.3 Å². The van der Waals surface area contributed by atoms with Gasteiger partial charge in [0.25, 0.3) is 0 Å². The van der Waals surface area contributed by atoms with E-state index in [9.17, 15) is 4.79 Å². The second-order valence-corrected chi connectivity index (χ2v) is 6.19. The van der Waals surface area contributed by atoms with E-state index in [1.54, 1.807) is 0 Å². The molecule has 1 aromatic rings. The molecule has 0 aliphatic carbocycles. The minimum absolute atomic E-state index is 0.0425. The Morgan fingerprint density at radius 3 is 2.30 bits per heavy atom. The van der Waals surface area contributed by atoms with Gasteiger partial charge in [-0.25, -0.2) is 0 Å². The van der Waals surface area contributed by atoms with E-state index in [1.165, 1.54) is 27.6 Å². The molecule has 2 atom stereocenters. The molecule has 1 rings (SSSR count). The first kappa shape index (κ1) is 19.9. The number of hydrogen-bond donors (Lipinski definition) is 0. The van der Waals surface area contributed by atoms with Crippen molar-refractivity contribution in [3.63, 3.8) is 0 Å². The highest BCUT2D eigenvalue weighted by Crippen LogP contribution is 2.21. The summed E-state index contributed by atoms with van der Waals surface area (Å²) in [4.78, 5) is 11.0. The van der Waals surface area contributed by atoms with Crippen LogP contribution in [0.4, 0.5) is 0 Å². The number of aldehydes is 1. The van der Waals surface area contributed by atoms with Gasteiger partial charge >= 0.3 is 0 Å². The van der Waals surface area contributed by atoms with E-state index in [2.05, 4.69) is 47.2 Å².